The monoisotopic (exact) mass is 387 g/mol. The molecule has 0 saturated carbocycles. The van der Waals surface area contributed by atoms with E-state index in [4.69, 9.17) is 0 Å². The highest BCUT2D eigenvalue weighted by molar-refractivity contribution is 6.05. The van der Waals surface area contributed by atoms with Crippen LogP contribution in [0, 0.1) is 0 Å². The summed E-state index contributed by atoms with van der Waals surface area (Å²) < 4.78 is 1.29. The molecule has 0 saturated heterocycles. The summed E-state index contributed by atoms with van der Waals surface area (Å²) in [7, 11) is 0. The number of hydrogen-bond acceptors (Lipinski definition) is 5. The summed E-state index contributed by atoms with van der Waals surface area (Å²) in [6.45, 7) is 5.24. The van der Waals surface area contributed by atoms with E-state index in [1.165, 1.54) is 18.5 Å². The van der Waals surface area contributed by atoms with Gasteiger partial charge in [-0.2, -0.15) is 5.10 Å². The number of aromatic nitrogens is 2. The first-order chi connectivity index (χ1) is 13.3. The number of hydrazine groups is 1. The van der Waals surface area contributed by atoms with E-state index < -0.39 is 17.9 Å². The van der Waals surface area contributed by atoms with Gasteiger partial charge in [-0.25, -0.2) is 4.68 Å². The summed E-state index contributed by atoms with van der Waals surface area (Å²) in [6, 6.07) is 5.89. The second-order valence-corrected chi connectivity index (χ2v) is 6.50. The Morgan fingerprint density at radius 1 is 1.11 bits per heavy atom. The van der Waals surface area contributed by atoms with Gasteiger partial charge in [-0.05, 0) is 19.4 Å². The summed E-state index contributed by atoms with van der Waals surface area (Å²) in [5.74, 6) is -1.59. The zero-order valence-corrected chi connectivity index (χ0v) is 16.2. The lowest BCUT2D eigenvalue weighted by Gasteiger charge is -2.14. The second-order valence-electron chi connectivity index (χ2n) is 6.50. The van der Waals surface area contributed by atoms with Crippen molar-refractivity contribution in [2.75, 3.05) is 0 Å². The van der Waals surface area contributed by atoms with Crippen LogP contribution in [0.1, 0.15) is 50.5 Å². The predicted molar refractivity (Wildman–Crippen MR) is 104 cm³/mol. The van der Waals surface area contributed by atoms with Crippen molar-refractivity contribution in [1.82, 2.24) is 25.9 Å². The zero-order valence-electron chi connectivity index (χ0n) is 16.2. The van der Waals surface area contributed by atoms with Crippen LogP contribution in [0.4, 0.5) is 0 Å². The molecule has 0 bridgehead atoms. The number of nitrogens with one attached hydrogen (secondary N) is 3. The average molecular weight is 387 g/mol. The number of hydrogen-bond donors (Lipinski definition) is 3. The smallest absolute Gasteiger partial charge is 0.290 e. The quantitative estimate of drug-likeness (QED) is 0.481. The van der Waals surface area contributed by atoms with Gasteiger partial charge in [-0.15, -0.1) is 0 Å². The van der Waals surface area contributed by atoms with E-state index in [1.807, 2.05) is 0 Å². The molecule has 0 aliphatic carbocycles. The molecule has 0 fully saturated rings. The van der Waals surface area contributed by atoms with Crippen molar-refractivity contribution in [3.8, 4) is 0 Å². The number of rotatable bonds is 7. The molecule has 0 spiro atoms. The van der Waals surface area contributed by atoms with Gasteiger partial charge in [0.15, 0.2) is 5.69 Å². The summed E-state index contributed by atoms with van der Waals surface area (Å²) >= 11 is 0. The van der Waals surface area contributed by atoms with E-state index in [0.717, 1.165) is 19.3 Å². The molecule has 9 heteroatoms. The van der Waals surface area contributed by atoms with Crippen LogP contribution in [0.5, 0.6) is 0 Å². The molecule has 2 rings (SSSR count). The van der Waals surface area contributed by atoms with Crippen LogP contribution in [-0.4, -0.2) is 33.5 Å². The van der Waals surface area contributed by atoms with Crippen LogP contribution < -0.4 is 21.7 Å². The highest BCUT2D eigenvalue weighted by atomic mass is 16.2. The maximum absolute atomic E-state index is 12.6. The summed E-state index contributed by atoms with van der Waals surface area (Å²) in [5, 5.41) is 7.42. The fourth-order valence-corrected chi connectivity index (χ4v) is 2.72. The topological polar surface area (TPSA) is 122 Å². The van der Waals surface area contributed by atoms with Gasteiger partial charge < -0.3 is 5.32 Å². The number of unbranched alkanes of at least 4 members (excludes halogenated alkanes) is 2. The second kappa shape index (κ2) is 9.63. The number of benzene rings is 1. The summed E-state index contributed by atoms with van der Waals surface area (Å²) in [4.78, 5) is 48.2. The molecule has 0 aliphatic rings. The first kappa shape index (κ1) is 21.1. The van der Waals surface area contributed by atoms with E-state index in [-0.39, 0.29) is 17.2 Å². The molecule has 0 radical (unpaired) electrons. The van der Waals surface area contributed by atoms with E-state index >= 15 is 0 Å². The maximum Gasteiger partial charge on any atom is 0.290 e. The van der Waals surface area contributed by atoms with Gasteiger partial charge >= 0.3 is 0 Å². The van der Waals surface area contributed by atoms with Crippen LogP contribution in [-0.2, 0) is 16.1 Å². The Morgan fingerprint density at radius 2 is 1.79 bits per heavy atom. The molecule has 3 N–H and O–H groups in total. The Bertz CT molecular complexity index is 938. The Morgan fingerprint density at radius 3 is 2.43 bits per heavy atom. The molecular formula is C19H25N5O4. The average Bonchev–Trinajstić information content (AvgIpc) is 2.67. The van der Waals surface area contributed by atoms with Crippen LogP contribution in [0.3, 0.4) is 0 Å². The number of carbonyl (C=O) groups excluding carboxylic acids is 3. The maximum atomic E-state index is 12.6. The van der Waals surface area contributed by atoms with Crippen molar-refractivity contribution >= 4 is 28.5 Å². The lowest BCUT2D eigenvalue weighted by atomic mass is 10.1. The van der Waals surface area contributed by atoms with Gasteiger partial charge in [0.25, 0.3) is 17.4 Å². The lowest BCUT2D eigenvalue weighted by molar-refractivity contribution is -0.128. The Hall–Kier alpha value is -3.23. The minimum atomic E-state index is -0.814. The number of carbonyl (C=O) groups is 3. The van der Waals surface area contributed by atoms with Gasteiger partial charge in [0, 0.05) is 18.9 Å². The molecule has 1 aromatic heterocycles. The molecule has 0 aliphatic heterocycles. The minimum absolute atomic E-state index is 0.0409. The fourth-order valence-electron chi connectivity index (χ4n) is 2.72. The molecule has 1 unspecified atom stereocenters. The van der Waals surface area contributed by atoms with Crippen LogP contribution in [0.2, 0.25) is 0 Å². The van der Waals surface area contributed by atoms with E-state index in [1.54, 1.807) is 24.3 Å². The molecule has 1 atom stereocenters. The van der Waals surface area contributed by atoms with Gasteiger partial charge in [-0.1, -0.05) is 38.0 Å². The molecule has 150 valence electrons. The van der Waals surface area contributed by atoms with Crippen molar-refractivity contribution in [2.24, 2.45) is 0 Å². The molecule has 9 nitrogen and oxygen atoms in total. The molecular weight excluding hydrogens is 362 g/mol. The van der Waals surface area contributed by atoms with E-state index in [9.17, 15) is 19.2 Å². The third kappa shape index (κ3) is 5.15. The van der Waals surface area contributed by atoms with Crippen molar-refractivity contribution in [1.29, 1.82) is 0 Å². The first-order valence-electron chi connectivity index (χ1n) is 9.22. The van der Waals surface area contributed by atoms with Gasteiger partial charge in [-0.3, -0.25) is 30.0 Å². The Kier molecular flexibility index (Phi) is 7.25. The molecule has 1 aromatic carbocycles. The molecule has 2 aromatic rings. The fraction of sp³-hybridized carbons (Fsp3) is 0.421. The Labute approximate surface area is 162 Å². The van der Waals surface area contributed by atoms with Crippen LogP contribution in [0.15, 0.2) is 29.1 Å². The summed E-state index contributed by atoms with van der Waals surface area (Å²) in [5.41, 5.74) is 4.33. The SMILES string of the molecule is CCCCCn1nc(C(=O)NNC(=O)C(C)NC(C)=O)c2ccccc2c1=O. The number of nitrogens with zero attached hydrogens (tertiary/aromatic N) is 2. The van der Waals surface area contributed by atoms with Crippen molar-refractivity contribution in [3.05, 3.63) is 40.3 Å². The highest BCUT2D eigenvalue weighted by Gasteiger charge is 2.19. The zero-order chi connectivity index (χ0) is 20.7. The standard InChI is InChI=1S/C19H25N5O4/c1-4-5-8-11-24-19(28)15-10-7-6-9-14(15)16(23-24)18(27)22-21-17(26)12(2)20-13(3)25/h6-7,9-10,12H,4-5,8,11H2,1-3H3,(H,20,25)(H,21,26)(H,22,27). The highest BCUT2D eigenvalue weighted by Crippen LogP contribution is 2.13. The first-order valence-corrected chi connectivity index (χ1v) is 9.22. The van der Waals surface area contributed by atoms with Gasteiger partial charge in [0.05, 0.1) is 5.39 Å². The predicted octanol–water partition coefficient (Wildman–Crippen LogP) is 0.872. The largest absolute Gasteiger partial charge is 0.345 e. The third-order valence-corrected chi connectivity index (χ3v) is 4.17. The van der Waals surface area contributed by atoms with Gasteiger partial charge in [0.1, 0.15) is 6.04 Å². The van der Waals surface area contributed by atoms with Crippen molar-refractivity contribution < 1.29 is 14.4 Å². The van der Waals surface area contributed by atoms with Crippen molar-refractivity contribution in [2.45, 2.75) is 52.6 Å². The Balaban J connectivity index is 2.25. The number of aryl methyl sites for hydroxylation is 1. The minimum Gasteiger partial charge on any atom is -0.345 e. The lowest BCUT2D eigenvalue weighted by Crippen LogP contribution is -2.51. The van der Waals surface area contributed by atoms with E-state index in [2.05, 4.69) is 28.2 Å². The van der Waals surface area contributed by atoms with Gasteiger partial charge in [0.2, 0.25) is 5.91 Å². The molecule has 28 heavy (non-hydrogen) atoms. The third-order valence-electron chi connectivity index (χ3n) is 4.17. The summed E-state index contributed by atoms with van der Waals surface area (Å²) in [6.07, 6.45) is 2.71. The molecule has 3 amide bonds. The van der Waals surface area contributed by atoms with Crippen LogP contribution in [0.25, 0.3) is 10.8 Å². The van der Waals surface area contributed by atoms with E-state index in [0.29, 0.717) is 17.3 Å². The number of fused-ring (bicyclic) bond motifs is 1. The van der Waals surface area contributed by atoms with Crippen LogP contribution >= 0.6 is 0 Å². The normalized spacial score (nSPS) is 11.7. The number of amides is 3. The molecule has 1 heterocycles. The van der Waals surface area contributed by atoms with Crippen molar-refractivity contribution in [3.63, 3.8) is 0 Å².